The molecule has 0 aliphatic carbocycles. The third-order valence-electron chi connectivity index (χ3n) is 1.82. The number of aromatic nitrogens is 4. The summed E-state index contributed by atoms with van der Waals surface area (Å²) in [6, 6.07) is 4.61. The minimum atomic E-state index is -0.552. The maximum atomic E-state index is 10.4. The first-order chi connectivity index (χ1) is 7.65. The molecule has 2 aromatic heterocycles. The van der Waals surface area contributed by atoms with Gasteiger partial charge in [0.2, 0.25) is 0 Å². The molecule has 0 spiro atoms. The molecule has 2 rings (SSSR count). The van der Waals surface area contributed by atoms with E-state index in [1.165, 1.54) is 16.9 Å². The van der Waals surface area contributed by atoms with Gasteiger partial charge in [-0.3, -0.25) is 0 Å². The Kier molecular flexibility index (Phi) is 2.78. The first-order valence-electron chi connectivity index (χ1n) is 4.31. The van der Waals surface area contributed by atoms with E-state index in [2.05, 4.69) is 15.3 Å². The van der Waals surface area contributed by atoms with E-state index < -0.39 is 4.92 Å². The van der Waals surface area contributed by atoms with Gasteiger partial charge < -0.3 is 10.1 Å². The summed E-state index contributed by atoms with van der Waals surface area (Å²) in [6.45, 7) is 0.317. The van der Waals surface area contributed by atoms with Crippen molar-refractivity contribution in [3.8, 4) is 0 Å². The molecule has 0 aliphatic heterocycles. The molecule has 82 valence electrons. The van der Waals surface area contributed by atoms with Crippen LogP contribution in [0.4, 0.5) is 5.82 Å². The monoisotopic (exact) mass is 239 g/mol. The topological polar surface area (TPSA) is 86.7 Å². The predicted octanol–water partition coefficient (Wildman–Crippen LogP) is 1.28. The zero-order valence-corrected chi connectivity index (χ0v) is 8.70. The van der Waals surface area contributed by atoms with Crippen molar-refractivity contribution in [3.05, 3.63) is 45.4 Å². The van der Waals surface area contributed by atoms with Crippen LogP contribution in [0, 0.1) is 10.1 Å². The molecule has 7 nitrogen and oxygen atoms in total. The minimum absolute atomic E-state index is 0.193. The lowest BCUT2D eigenvalue weighted by molar-refractivity contribution is -0.389. The normalized spacial score (nSPS) is 10.3. The van der Waals surface area contributed by atoms with Crippen LogP contribution in [0.2, 0.25) is 5.15 Å². The van der Waals surface area contributed by atoms with Gasteiger partial charge in [-0.15, -0.1) is 5.10 Å². The molecule has 16 heavy (non-hydrogen) atoms. The minimum Gasteiger partial charge on any atom is -0.358 e. The molecular weight excluding hydrogens is 234 g/mol. The van der Waals surface area contributed by atoms with Crippen molar-refractivity contribution in [2.75, 3.05) is 0 Å². The summed E-state index contributed by atoms with van der Waals surface area (Å²) in [7, 11) is 0. The molecule has 0 saturated carbocycles. The molecule has 0 atom stereocenters. The Hall–Kier alpha value is -2.02. The van der Waals surface area contributed by atoms with Crippen molar-refractivity contribution < 1.29 is 4.92 Å². The van der Waals surface area contributed by atoms with E-state index in [-0.39, 0.29) is 5.82 Å². The van der Waals surface area contributed by atoms with E-state index in [1.807, 2.05) is 0 Å². The Bertz CT molecular complexity index is 509. The fraction of sp³-hybridized carbons (Fsp3) is 0.125. The second-order valence-corrected chi connectivity index (χ2v) is 3.36. The van der Waals surface area contributed by atoms with Gasteiger partial charge in [0, 0.05) is 0 Å². The van der Waals surface area contributed by atoms with Gasteiger partial charge in [-0.05, 0) is 17.1 Å². The molecule has 0 N–H and O–H groups in total. The summed E-state index contributed by atoms with van der Waals surface area (Å²) in [4.78, 5) is 9.84. The van der Waals surface area contributed by atoms with Crippen LogP contribution in [-0.2, 0) is 6.54 Å². The largest absolute Gasteiger partial charge is 0.389 e. The predicted molar refractivity (Wildman–Crippen MR) is 55.0 cm³/mol. The molecule has 0 unspecified atom stereocenters. The molecule has 8 heteroatoms. The highest BCUT2D eigenvalue weighted by atomic mass is 35.5. The van der Waals surface area contributed by atoms with Gasteiger partial charge in [-0.25, -0.2) is 0 Å². The Morgan fingerprint density at radius 1 is 1.38 bits per heavy atom. The van der Waals surface area contributed by atoms with Gasteiger partial charge in [0.05, 0.1) is 23.1 Å². The second kappa shape index (κ2) is 4.23. The average Bonchev–Trinajstić information content (AvgIpc) is 2.70. The highest BCUT2D eigenvalue weighted by Gasteiger charge is 2.11. The van der Waals surface area contributed by atoms with Crippen LogP contribution in [0.25, 0.3) is 0 Å². The van der Waals surface area contributed by atoms with E-state index in [1.54, 1.807) is 12.1 Å². The molecule has 2 aromatic rings. The van der Waals surface area contributed by atoms with E-state index in [0.717, 1.165) is 0 Å². The molecule has 0 aliphatic rings. The number of nitro groups is 1. The van der Waals surface area contributed by atoms with Gasteiger partial charge >= 0.3 is 5.82 Å². The van der Waals surface area contributed by atoms with Gasteiger partial charge in [0.1, 0.15) is 6.54 Å². The van der Waals surface area contributed by atoms with Gasteiger partial charge in [0.15, 0.2) is 5.15 Å². The number of hydrogen-bond donors (Lipinski definition) is 0. The van der Waals surface area contributed by atoms with Gasteiger partial charge in [-0.1, -0.05) is 11.6 Å². The highest BCUT2D eigenvalue weighted by molar-refractivity contribution is 6.29. The van der Waals surface area contributed by atoms with Crippen LogP contribution in [-0.4, -0.2) is 24.9 Å². The molecule has 0 radical (unpaired) electrons. The summed E-state index contributed by atoms with van der Waals surface area (Å²) >= 11 is 5.57. The highest BCUT2D eigenvalue weighted by Crippen LogP contribution is 2.08. The maximum absolute atomic E-state index is 10.4. The van der Waals surface area contributed by atoms with Crippen molar-refractivity contribution in [1.82, 2.24) is 20.0 Å². The molecule has 0 fully saturated rings. The third kappa shape index (κ3) is 2.31. The molecule has 0 aromatic carbocycles. The number of halogens is 1. The van der Waals surface area contributed by atoms with Crippen LogP contribution in [0.1, 0.15) is 5.69 Å². The summed E-state index contributed by atoms with van der Waals surface area (Å²) < 4.78 is 1.41. The Morgan fingerprint density at radius 2 is 2.19 bits per heavy atom. The van der Waals surface area contributed by atoms with Crippen molar-refractivity contribution in [3.63, 3.8) is 0 Å². The molecule has 0 bridgehead atoms. The van der Waals surface area contributed by atoms with E-state index in [0.29, 0.717) is 17.4 Å². The Labute approximate surface area is 94.8 Å². The van der Waals surface area contributed by atoms with Crippen LogP contribution >= 0.6 is 11.6 Å². The SMILES string of the molecule is O=[N+]([O-])c1ccn(Cc2ccc(Cl)nn2)n1. The zero-order chi connectivity index (χ0) is 11.5. The maximum Gasteiger partial charge on any atom is 0.389 e. The first-order valence-corrected chi connectivity index (χ1v) is 4.69. The summed E-state index contributed by atoms with van der Waals surface area (Å²) in [6.07, 6.45) is 1.51. The number of rotatable bonds is 3. The fourth-order valence-corrected chi connectivity index (χ4v) is 1.23. The molecule has 2 heterocycles. The lowest BCUT2D eigenvalue weighted by Crippen LogP contribution is -2.03. The summed E-state index contributed by atoms with van der Waals surface area (Å²) in [5.41, 5.74) is 0.627. The summed E-state index contributed by atoms with van der Waals surface area (Å²) in [5, 5.41) is 21.9. The fourth-order valence-electron chi connectivity index (χ4n) is 1.13. The molecular formula is C8H6ClN5O2. The molecule has 0 amide bonds. The average molecular weight is 240 g/mol. The van der Waals surface area contributed by atoms with Gasteiger partial charge in [-0.2, -0.15) is 9.78 Å². The number of hydrogen-bond acceptors (Lipinski definition) is 5. The van der Waals surface area contributed by atoms with Crippen molar-refractivity contribution in [2.24, 2.45) is 0 Å². The van der Waals surface area contributed by atoms with E-state index in [4.69, 9.17) is 11.6 Å². The third-order valence-corrected chi connectivity index (χ3v) is 2.03. The quantitative estimate of drug-likeness (QED) is 0.595. The Balaban J connectivity index is 2.14. The van der Waals surface area contributed by atoms with Crippen molar-refractivity contribution >= 4 is 17.4 Å². The lowest BCUT2D eigenvalue weighted by atomic mass is 10.4. The first kappa shape index (κ1) is 10.5. The number of nitrogens with zero attached hydrogens (tertiary/aromatic N) is 5. The Morgan fingerprint density at radius 3 is 2.75 bits per heavy atom. The van der Waals surface area contributed by atoms with E-state index >= 15 is 0 Å². The second-order valence-electron chi connectivity index (χ2n) is 2.98. The summed E-state index contributed by atoms with van der Waals surface area (Å²) in [5.74, 6) is -0.193. The van der Waals surface area contributed by atoms with Gasteiger partial charge in [0.25, 0.3) is 0 Å². The van der Waals surface area contributed by atoms with Crippen molar-refractivity contribution in [2.45, 2.75) is 6.54 Å². The van der Waals surface area contributed by atoms with Crippen molar-refractivity contribution in [1.29, 1.82) is 0 Å². The standard InChI is InChI=1S/C8H6ClN5O2/c9-7-2-1-6(10-11-7)5-13-4-3-8(12-13)14(15)16/h1-4H,5H2. The van der Waals surface area contributed by atoms with Crippen LogP contribution in [0.3, 0.4) is 0 Å². The van der Waals surface area contributed by atoms with Crippen LogP contribution < -0.4 is 0 Å². The lowest BCUT2D eigenvalue weighted by Gasteiger charge is -1.95. The van der Waals surface area contributed by atoms with E-state index in [9.17, 15) is 10.1 Å². The smallest absolute Gasteiger partial charge is 0.358 e. The zero-order valence-electron chi connectivity index (χ0n) is 7.95. The molecule has 0 saturated heterocycles. The van der Waals surface area contributed by atoms with Crippen LogP contribution in [0.5, 0.6) is 0 Å². The van der Waals surface area contributed by atoms with Crippen LogP contribution in [0.15, 0.2) is 24.4 Å².